The average molecular weight is 360 g/mol. The highest BCUT2D eigenvalue weighted by molar-refractivity contribution is 5.80. The van der Waals surface area contributed by atoms with Crippen molar-refractivity contribution in [2.75, 3.05) is 39.5 Å². The second kappa shape index (κ2) is 9.81. The molecule has 1 saturated carbocycles. The lowest BCUT2D eigenvalue weighted by atomic mass is 10.1. The van der Waals surface area contributed by atoms with Gasteiger partial charge in [0.15, 0.2) is 5.96 Å². The Hall–Kier alpha value is -1.75. The summed E-state index contributed by atoms with van der Waals surface area (Å²) in [7, 11) is 0. The maximum Gasteiger partial charge on any atom is 0.194 e. The van der Waals surface area contributed by atoms with Crippen LogP contribution < -0.4 is 10.1 Å². The number of benzene rings is 1. The Morgan fingerprint density at radius 2 is 2.00 bits per heavy atom. The van der Waals surface area contributed by atoms with Crippen LogP contribution in [0.3, 0.4) is 0 Å². The summed E-state index contributed by atoms with van der Waals surface area (Å²) >= 11 is 0. The molecule has 5 heteroatoms. The maximum absolute atomic E-state index is 6.02. The van der Waals surface area contributed by atoms with Gasteiger partial charge in [-0.25, -0.2) is 4.99 Å². The van der Waals surface area contributed by atoms with Crippen LogP contribution in [0, 0.1) is 11.8 Å². The third-order valence-electron chi connectivity index (χ3n) is 5.02. The molecule has 1 N–H and O–H groups in total. The van der Waals surface area contributed by atoms with Crippen molar-refractivity contribution in [2.45, 2.75) is 39.7 Å². The van der Waals surface area contributed by atoms with E-state index in [9.17, 15) is 0 Å². The molecule has 0 spiro atoms. The van der Waals surface area contributed by atoms with Crippen LogP contribution in [-0.2, 0) is 11.3 Å². The van der Waals surface area contributed by atoms with Crippen molar-refractivity contribution < 1.29 is 9.47 Å². The molecule has 3 rings (SSSR count). The number of nitrogens with zero attached hydrogens (tertiary/aromatic N) is 2. The highest BCUT2D eigenvalue weighted by atomic mass is 16.5. The molecule has 1 aliphatic heterocycles. The minimum Gasteiger partial charge on any atom is -0.493 e. The van der Waals surface area contributed by atoms with Gasteiger partial charge in [0, 0.05) is 37.7 Å². The summed E-state index contributed by atoms with van der Waals surface area (Å²) in [6.45, 7) is 10.3. The molecule has 1 aromatic carbocycles. The van der Waals surface area contributed by atoms with Crippen molar-refractivity contribution in [3.63, 3.8) is 0 Å². The molecular formula is C21H33N3O2. The number of para-hydroxylation sites is 1. The lowest BCUT2D eigenvalue weighted by molar-refractivity contribution is 0.114. The average Bonchev–Trinajstić information content (AvgIpc) is 3.38. The Kier molecular flexibility index (Phi) is 7.18. The molecular weight excluding hydrogens is 326 g/mol. The summed E-state index contributed by atoms with van der Waals surface area (Å²) in [5, 5.41) is 3.45. The van der Waals surface area contributed by atoms with Gasteiger partial charge in [0.2, 0.25) is 0 Å². The monoisotopic (exact) mass is 359 g/mol. The minimum absolute atomic E-state index is 0.605. The van der Waals surface area contributed by atoms with Gasteiger partial charge in [0.05, 0.1) is 19.8 Å². The number of guanidine groups is 1. The van der Waals surface area contributed by atoms with Gasteiger partial charge in [-0.15, -0.1) is 0 Å². The first-order chi connectivity index (χ1) is 12.8. The molecule has 0 aromatic heterocycles. The van der Waals surface area contributed by atoms with Gasteiger partial charge in [0.25, 0.3) is 0 Å². The summed E-state index contributed by atoms with van der Waals surface area (Å²) in [5.41, 5.74) is 1.16. The number of hydrogen-bond acceptors (Lipinski definition) is 3. The van der Waals surface area contributed by atoms with E-state index in [0.717, 1.165) is 62.6 Å². The van der Waals surface area contributed by atoms with Crippen molar-refractivity contribution in [1.82, 2.24) is 10.2 Å². The number of hydrogen-bond donors (Lipinski definition) is 1. The third kappa shape index (κ3) is 5.63. The quantitative estimate of drug-likeness (QED) is 0.543. The molecule has 2 fully saturated rings. The van der Waals surface area contributed by atoms with Crippen molar-refractivity contribution in [2.24, 2.45) is 16.8 Å². The fourth-order valence-electron chi connectivity index (χ4n) is 3.30. The number of likely N-dealkylation sites (tertiary alicyclic amines) is 1. The van der Waals surface area contributed by atoms with E-state index < -0.39 is 0 Å². The number of rotatable bonds is 9. The second-order valence-electron chi connectivity index (χ2n) is 7.29. The Morgan fingerprint density at radius 3 is 2.77 bits per heavy atom. The zero-order chi connectivity index (χ0) is 18.2. The SMILES string of the molecule is CCNC(=NCc1ccccc1OCC1CC1)N1CCC(COCC)C1. The molecule has 1 saturated heterocycles. The van der Waals surface area contributed by atoms with Crippen molar-refractivity contribution in [1.29, 1.82) is 0 Å². The summed E-state index contributed by atoms with van der Waals surface area (Å²) < 4.78 is 11.6. The fourth-order valence-corrected chi connectivity index (χ4v) is 3.30. The van der Waals surface area contributed by atoms with Crippen LogP contribution in [0.1, 0.15) is 38.7 Å². The van der Waals surface area contributed by atoms with E-state index in [4.69, 9.17) is 14.5 Å². The van der Waals surface area contributed by atoms with Gasteiger partial charge in [0.1, 0.15) is 5.75 Å². The molecule has 1 heterocycles. The van der Waals surface area contributed by atoms with Crippen LogP contribution in [0.2, 0.25) is 0 Å². The van der Waals surface area contributed by atoms with Crippen LogP contribution >= 0.6 is 0 Å². The Labute approximate surface area is 157 Å². The Morgan fingerprint density at radius 1 is 1.15 bits per heavy atom. The molecule has 1 aliphatic carbocycles. The molecule has 2 aliphatic rings. The first-order valence-electron chi connectivity index (χ1n) is 10.1. The smallest absolute Gasteiger partial charge is 0.194 e. The number of aliphatic imine (C=N–C) groups is 1. The van der Waals surface area contributed by atoms with Crippen LogP contribution in [0.4, 0.5) is 0 Å². The van der Waals surface area contributed by atoms with Crippen LogP contribution in [-0.4, -0.2) is 50.3 Å². The minimum atomic E-state index is 0.605. The summed E-state index contributed by atoms with van der Waals surface area (Å²) in [4.78, 5) is 7.26. The van der Waals surface area contributed by atoms with Gasteiger partial charge in [-0.2, -0.15) is 0 Å². The molecule has 1 aromatic rings. The van der Waals surface area contributed by atoms with Crippen molar-refractivity contribution in [3.8, 4) is 5.75 Å². The van der Waals surface area contributed by atoms with Gasteiger partial charge >= 0.3 is 0 Å². The highest BCUT2D eigenvalue weighted by Gasteiger charge is 2.25. The van der Waals surface area contributed by atoms with E-state index in [0.29, 0.717) is 12.5 Å². The van der Waals surface area contributed by atoms with E-state index >= 15 is 0 Å². The molecule has 144 valence electrons. The fraction of sp³-hybridized carbons (Fsp3) is 0.667. The van der Waals surface area contributed by atoms with Gasteiger partial charge < -0.3 is 19.7 Å². The highest BCUT2D eigenvalue weighted by Crippen LogP contribution is 2.30. The van der Waals surface area contributed by atoms with Crippen LogP contribution in [0.5, 0.6) is 5.75 Å². The van der Waals surface area contributed by atoms with E-state index in [2.05, 4.69) is 42.3 Å². The third-order valence-corrected chi connectivity index (χ3v) is 5.02. The van der Waals surface area contributed by atoms with Gasteiger partial charge in [-0.05, 0) is 45.1 Å². The number of nitrogens with one attached hydrogen (secondary N) is 1. The summed E-state index contributed by atoms with van der Waals surface area (Å²) in [5.74, 6) is 3.35. The normalized spacial score (nSPS) is 20.5. The van der Waals surface area contributed by atoms with E-state index in [-0.39, 0.29) is 0 Å². The molecule has 0 bridgehead atoms. The first-order valence-corrected chi connectivity index (χ1v) is 10.1. The van der Waals surface area contributed by atoms with Crippen LogP contribution in [0.15, 0.2) is 29.3 Å². The van der Waals surface area contributed by atoms with Gasteiger partial charge in [-0.1, -0.05) is 18.2 Å². The predicted molar refractivity (Wildman–Crippen MR) is 106 cm³/mol. The van der Waals surface area contributed by atoms with Crippen molar-refractivity contribution in [3.05, 3.63) is 29.8 Å². The van der Waals surface area contributed by atoms with E-state index in [1.165, 1.54) is 19.3 Å². The Bertz CT molecular complexity index is 586. The topological polar surface area (TPSA) is 46.1 Å². The molecule has 5 nitrogen and oxygen atoms in total. The summed E-state index contributed by atoms with van der Waals surface area (Å²) in [6.07, 6.45) is 3.79. The number of ether oxygens (including phenoxy) is 2. The standard InChI is InChI=1S/C21H33N3O2/c1-3-22-21(24-12-11-18(14-24)15-25-4-2)23-13-19-7-5-6-8-20(19)26-16-17-9-10-17/h5-8,17-18H,3-4,9-16H2,1-2H3,(H,22,23). The van der Waals surface area contributed by atoms with Crippen molar-refractivity contribution >= 4 is 5.96 Å². The molecule has 1 atom stereocenters. The zero-order valence-corrected chi connectivity index (χ0v) is 16.2. The zero-order valence-electron chi connectivity index (χ0n) is 16.2. The predicted octanol–water partition coefficient (Wildman–Crippen LogP) is 3.30. The largest absolute Gasteiger partial charge is 0.493 e. The lowest BCUT2D eigenvalue weighted by Crippen LogP contribution is -2.40. The maximum atomic E-state index is 6.02. The van der Waals surface area contributed by atoms with E-state index in [1.807, 2.05) is 6.07 Å². The van der Waals surface area contributed by atoms with Crippen LogP contribution in [0.25, 0.3) is 0 Å². The Balaban J connectivity index is 1.60. The summed E-state index contributed by atoms with van der Waals surface area (Å²) in [6, 6.07) is 8.29. The second-order valence-corrected chi connectivity index (χ2v) is 7.29. The van der Waals surface area contributed by atoms with Gasteiger partial charge in [-0.3, -0.25) is 0 Å². The van der Waals surface area contributed by atoms with E-state index in [1.54, 1.807) is 0 Å². The molecule has 1 unspecified atom stereocenters. The molecule has 0 radical (unpaired) electrons. The lowest BCUT2D eigenvalue weighted by Gasteiger charge is -2.22. The molecule has 26 heavy (non-hydrogen) atoms. The first kappa shape index (κ1) is 19.0. The molecule has 0 amide bonds.